The molecule has 0 aliphatic heterocycles. The average molecular weight is 253 g/mol. The van der Waals surface area contributed by atoms with Gasteiger partial charge in [0.15, 0.2) is 0 Å². The van der Waals surface area contributed by atoms with Gasteiger partial charge in [-0.2, -0.15) is 11.8 Å². The van der Waals surface area contributed by atoms with Crippen molar-refractivity contribution in [2.75, 3.05) is 36.6 Å². The fourth-order valence-electron chi connectivity index (χ4n) is 1.25. The minimum absolute atomic E-state index is 0.260. The fraction of sp³-hybridized carbons (Fsp3) is 1.00. The second-order valence-corrected chi connectivity index (χ2v) is 7.24. The van der Waals surface area contributed by atoms with Gasteiger partial charge in [0.05, 0.1) is 5.75 Å². The van der Waals surface area contributed by atoms with Gasteiger partial charge in [0.2, 0.25) is 0 Å². The lowest BCUT2D eigenvalue weighted by molar-refractivity contribution is 0.552. The van der Waals surface area contributed by atoms with Gasteiger partial charge in [-0.05, 0) is 37.4 Å². The molecule has 0 rings (SSSR count). The van der Waals surface area contributed by atoms with Gasteiger partial charge in [-0.3, -0.25) is 0 Å². The quantitative estimate of drug-likeness (QED) is 0.631. The molecular formula is C10H23NO2S2. The molecule has 0 aliphatic rings. The van der Waals surface area contributed by atoms with Gasteiger partial charge in [-0.1, -0.05) is 13.8 Å². The van der Waals surface area contributed by atoms with Crippen molar-refractivity contribution in [3.8, 4) is 0 Å². The number of hydrogen-bond donors (Lipinski definition) is 1. The maximum Gasteiger partial charge on any atom is 0.150 e. The third-order valence-electron chi connectivity index (χ3n) is 2.19. The summed E-state index contributed by atoms with van der Waals surface area (Å²) in [4.78, 5) is 0. The van der Waals surface area contributed by atoms with E-state index in [9.17, 15) is 8.42 Å². The molecule has 0 aromatic carbocycles. The first-order valence-electron chi connectivity index (χ1n) is 5.42. The third-order valence-corrected chi connectivity index (χ3v) is 4.89. The molecule has 1 atom stereocenters. The van der Waals surface area contributed by atoms with E-state index in [0.717, 1.165) is 25.3 Å². The van der Waals surface area contributed by atoms with Gasteiger partial charge in [-0.25, -0.2) is 8.42 Å². The fourth-order valence-corrected chi connectivity index (χ4v) is 2.81. The van der Waals surface area contributed by atoms with E-state index in [1.165, 1.54) is 0 Å². The van der Waals surface area contributed by atoms with E-state index >= 15 is 0 Å². The predicted octanol–water partition coefficient (Wildman–Crippen LogP) is 1.40. The normalized spacial score (nSPS) is 14.1. The maximum atomic E-state index is 11.2. The average Bonchev–Trinajstić information content (AvgIpc) is 2.17. The Bertz CT molecular complexity index is 240. The van der Waals surface area contributed by atoms with Gasteiger partial charge in [0.1, 0.15) is 9.84 Å². The summed E-state index contributed by atoms with van der Waals surface area (Å²) in [6.45, 7) is 5.68. The molecule has 0 aliphatic carbocycles. The van der Waals surface area contributed by atoms with Crippen molar-refractivity contribution in [3.63, 3.8) is 0 Å². The zero-order chi connectivity index (χ0) is 11.7. The summed E-state index contributed by atoms with van der Waals surface area (Å²) < 4.78 is 22.3. The van der Waals surface area contributed by atoms with Crippen molar-refractivity contribution in [2.45, 2.75) is 20.3 Å². The van der Waals surface area contributed by atoms with Crippen LogP contribution in [0.5, 0.6) is 0 Å². The molecule has 0 spiro atoms. The van der Waals surface area contributed by atoms with Crippen molar-refractivity contribution < 1.29 is 8.42 Å². The Labute approximate surface area is 98.3 Å². The molecule has 0 saturated heterocycles. The van der Waals surface area contributed by atoms with E-state index in [4.69, 9.17) is 0 Å². The zero-order valence-corrected chi connectivity index (χ0v) is 11.6. The Hall–Kier alpha value is 0.260. The summed E-state index contributed by atoms with van der Waals surface area (Å²) in [6.07, 6.45) is 2.83. The maximum absolute atomic E-state index is 11.2. The van der Waals surface area contributed by atoms with Gasteiger partial charge in [0, 0.05) is 5.75 Å². The molecule has 3 nitrogen and oxygen atoms in total. The molecule has 92 valence electrons. The highest BCUT2D eigenvalue weighted by Gasteiger charge is 2.06. The van der Waals surface area contributed by atoms with Crippen LogP contribution in [0.25, 0.3) is 0 Å². The molecule has 1 N–H and O–H groups in total. The Morgan fingerprint density at radius 1 is 1.40 bits per heavy atom. The molecule has 0 heterocycles. The summed E-state index contributed by atoms with van der Waals surface area (Å²) in [6, 6.07) is 0. The number of hydrogen-bond acceptors (Lipinski definition) is 4. The van der Waals surface area contributed by atoms with Crippen molar-refractivity contribution in [1.82, 2.24) is 5.32 Å². The number of thioether (sulfide) groups is 1. The van der Waals surface area contributed by atoms with Crippen LogP contribution in [-0.4, -0.2) is 45.0 Å². The Kier molecular flexibility index (Phi) is 8.56. The van der Waals surface area contributed by atoms with Gasteiger partial charge >= 0.3 is 0 Å². The van der Waals surface area contributed by atoms with Crippen molar-refractivity contribution >= 4 is 21.6 Å². The first-order valence-corrected chi connectivity index (χ1v) is 8.63. The summed E-state index contributed by atoms with van der Waals surface area (Å²) in [7, 11) is -2.77. The molecule has 0 saturated carbocycles. The lowest BCUT2D eigenvalue weighted by atomic mass is 10.2. The summed E-state index contributed by atoms with van der Waals surface area (Å²) in [5.41, 5.74) is 0. The molecule has 0 radical (unpaired) electrons. The molecule has 0 bridgehead atoms. The van der Waals surface area contributed by atoms with Crippen LogP contribution in [0.1, 0.15) is 20.3 Å². The van der Waals surface area contributed by atoms with Gasteiger partial charge < -0.3 is 5.32 Å². The van der Waals surface area contributed by atoms with Crippen LogP contribution in [0.4, 0.5) is 0 Å². The molecule has 0 fully saturated rings. The van der Waals surface area contributed by atoms with E-state index in [-0.39, 0.29) is 5.75 Å². The molecule has 0 amide bonds. The van der Waals surface area contributed by atoms with E-state index in [1.807, 2.05) is 11.8 Å². The minimum Gasteiger partial charge on any atom is -0.316 e. The standard InChI is InChI=1S/C10H23NO2S2/c1-4-15(12,13)7-5-6-11-8-10(2)9-14-3/h10-11H,4-9H2,1-3H3. The Morgan fingerprint density at radius 3 is 2.60 bits per heavy atom. The van der Waals surface area contributed by atoms with E-state index in [1.54, 1.807) is 6.92 Å². The van der Waals surface area contributed by atoms with E-state index < -0.39 is 9.84 Å². The smallest absolute Gasteiger partial charge is 0.150 e. The van der Waals surface area contributed by atoms with Gasteiger partial charge in [0.25, 0.3) is 0 Å². The van der Waals surface area contributed by atoms with Crippen LogP contribution < -0.4 is 5.32 Å². The van der Waals surface area contributed by atoms with E-state index in [0.29, 0.717) is 11.7 Å². The van der Waals surface area contributed by atoms with E-state index in [2.05, 4.69) is 18.5 Å². The van der Waals surface area contributed by atoms with Crippen LogP contribution in [0, 0.1) is 5.92 Å². The lowest BCUT2D eigenvalue weighted by Crippen LogP contribution is -2.25. The van der Waals surface area contributed by atoms with Crippen molar-refractivity contribution in [3.05, 3.63) is 0 Å². The van der Waals surface area contributed by atoms with Crippen LogP contribution >= 0.6 is 11.8 Å². The lowest BCUT2D eigenvalue weighted by Gasteiger charge is -2.10. The molecule has 0 aromatic rings. The molecule has 1 unspecified atom stereocenters. The molecule has 15 heavy (non-hydrogen) atoms. The highest BCUT2D eigenvalue weighted by molar-refractivity contribution is 7.98. The minimum atomic E-state index is -2.77. The first-order chi connectivity index (χ1) is 7.02. The SMILES string of the molecule is CCS(=O)(=O)CCCNCC(C)CSC. The van der Waals surface area contributed by atoms with Crippen LogP contribution in [-0.2, 0) is 9.84 Å². The molecular weight excluding hydrogens is 230 g/mol. The monoisotopic (exact) mass is 253 g/mol. The highest BCUT2D eigenvalue weighted by atomic mass is 32.2. The van der Waals surface area contributed by atoms with Crippen LogP contribution in [0.3, 0.4) is 0 Å². The first kappa shape index (κ1) is 15.3. The molecule has 0 aromatic heterocycles. The molecule has 5 heteroatoms. The van der Waals surface area contributed by atoms with Crippen LogP contribution in [0.2, 0.25) is 0 Å². The number of nitrogens with one attached hydrogen (secondary N) is 1. The van der Waals surface area contributed by atoms with Crippen molar-refractivity contribution in [1.29, 1.82) is 0 Å². The van der Waals surface area contributed by atoms with Gasteiger partial charge in [-0.15, -0.1) is 0 Å². The van der Waals surface area contributed by atoms with Crippen LogP contribution in [0.15, 0.2) is 0 Å². The topological polar surface area (TPSA) is 46.2 Å². The zero-order valence-electron chi connectivity index (χ0n) is 9.95. The number of sulfone groups is 1. The highest BCUT2D eigenvalue weighted by Crippen LogP contribution is 2.02. The van der Waals surface area contributed by atoms with Crippen molar-refractivity contribution in [2.24, 2.45) is 5.92 Å². The largest absolute Gasteiger partial charge is 0.316 e. The summed E-state index contributed by atoms with van der Waals surface area (Å²) >= 11 is 1.85. The Balaban J connectivity index is 3.40. The third kappa shape index (κ3) is 9.20. The second-order valence-electron chi connectivity index (χ2n) is 3.85. The second kappa shape index (κ2) is 8.42. The predicted molar refractivity (Wildman–Crippen MR) is 69.4 cm³/mol. The summed E-state index contributed by atoms with van der Waals surface area (Å²) in [5, 5.41) is 3.29. The Morgan fingerprint density at radius 2 is 2.07 bits per heavy atom. The summed E-state index contributed by atoms with van der Waals surface area (Å²) in [5.74, 6) is 2.38. The number of rotatable bonds is 9.